The van der Waals surface area contributed by atoms with Crippen LogP contribution in [0.3, 0.4) is 0 Å². The van der Waals surface area contributed by atoms with E-state index in [1.165, 1.54) is 0 Å². The van der Waals surface area contributed by atoms with E-state index in [-0.39, 0.29) is 0 Å². The van der Waals surface area contributed by atoms with E-state index in [2.05, 4.69) is 23.1 Å². The van der Waals surface area contributed by atoms with E-state index in [0.717, 1.165) is 34.5 Å². The van der Waals surface area contributed by atoms with Crippen LogP contribution in [-0.2, 0) is 20.5 Å². The summed E-state index contributed by atoms with van der Waals surface area (Å²) in [5.41, 5.74) is 4.59. The molecule has 0 spiro atoms. The molecular weight excluding hydrogens is 250 g/mol. The van der Waals surface area contributed by atoms with Gasteiger partial charge in [0, 0.05) is 20.3 Å². The standard InChI is InChI=1S/C15H15N5/c1-4-12-11(9-19(2)18-12)15-17-13-6-5-10(8-16)7-14(13)20(15)3/h5-7,9H,4H2,1-3H3. The summed E-state index contributed by atoms with van der Waals surface area (Å²) in [5.74, 6) is 0.889. The second-order valence-corrected chi connectivity index (χ2v) is 4.83. The molecule has 5 heteroatoms. The molecule has 100 valence electrons. The normalized spacial score (nSPS) is 10.9. The lowest BCUT2D eigenvalue weighted by Crippen LogP contribution is -1.94. The van der Waals surface area contributed by atoms with Crippen molar-refractivity contribution in [1.29, 1.82) is 5.26 Å². The first-order valence-corrected chi connectivity index (χ1v) is 6.53. The smallest absolute Gasteiger partial charge is 0.144 e. The number of nitrogens with zero attached hydrogens (tertiary/aromatic N) is 5. The first-order chi connectivity index (χ1) is 9.63. The molecule has 0 aliphatic rings. The van der Waals surface area contributed by atoms with E-state index in [1.807, 2.05) is 41.7 Å². The van der Waals surface area contributed by atoms with E-state index in [9.17, 15) is 0 Å². The Labute approximate surface area is 117 Å². The minimum atomic E-state index is 0.647. The van der Waals surface area contributed by atoms with Crippen LogP contribution < -0.4 is 0 Å². The molecule has 2 aromatic heterocycles. The molecular formula is C15H15N5. The van der Waals surface area contributed by atoms with Gasteiger partial charge in [0.05, 0.1) is 33.9 Å². The van der Waals surface area contributed by atoms with Gasteiger partial charge in [0.25, 0.3) is 0 Å². The predicted molar refractivity (Wildman–Crippen MR) is 77.0 cm³/mol. The molecule has 0 saturated carbocycles. The van der Waals surface area contributed by atoms with Crippen LogP contribution in [0.25, 0.3) is 22.4 Å². The Morgan fingerprint density at radius 3 is 2.80 bits per heavy atom. The van der Waals surface area contributed by atoms with E-state index in [1.54, 1.807) is 6.07 Å². The average molecular weight is 265 g/mol. The lowest BCUT2D eigenvalue weighted by molar-refractivity contribution is 0.746. The van der Waals surface area contributed by atoms with Gasteiger partial charge in [0.1, 0.15) is 5.82 Å². The highest BCUT2D eigenvalue weighted by Gasteiger charge is 2.15. The average Bonchev–Trinajstić information content (AvgIpc) is 2.99. The van der Waals surface area contributed by atoms with E-state index < -0.39 is 0 Å². The Morgan fingerprint density at radius 1 is 1.30 bits per heavy atom. The van der Waals surface area contributed by atoms with Gasteiger partial charge in [-0.3, -0.25) is 4.68 Å². The molecule has 0 atom stereocenters. The van der Waals surface area contributed by atoms with Crippen LogP contribution in [-0.4, -0.2) is 19.3 Å². The molecule has 3 rings (SSSR count). The molecule has 1 aromatic carbocycles. The molecule has 0 amide bonds. The molecule has 0 unspecified atom stereocenters. The topological polar surface area (TPSA) is 59.4 Å². The Bertz CT molecular complexity index is 832. The van der Waals surface area contributed by atoms with Crippen LogP contribution in [0.1, 0.15) is 18.2 Å². The molecule has 5 nitrogen and oxygen atoms in total. The third-order valence-corrected chi connectivity index (χ3v) is 3.49. The zero-order valence-corrected chi connectivity index (χ0v) is 11.8. The SMILES string of the molecule is CCc1nn(C)cc1-c1nc2ccc(C#N)cc2n1C. The van der Waals surface area contributed by atoms with Crippen LogP contribution in [0.5, 0.6) is 0 Å². The third kappa shape index (κ3) is 1.77. The van der Waals surface area contributed by atoms with Gasteiger partial charge in [-0.25, -0.2) is 4.98 Å². The highest BCUT2D eigenvalue weighted by atomic mass is 15.3. The maximum atomic E-state index is 9.00. The zero-order chi connectivity index (χ0) is 14.3. The first-order valence-electron chi connectivity index (χ1n) is 6.53. The summed E-state index contributed by atoms with van der Waals surface area (Å²) in [6.07, 6.45) is 2.86. The van der Waals surface area contributed by atoms with Crippen LogP contribution in [0.4, 0.5) is 0 Å². The lowest BCUT2D eigenvalue weighted by Gasteiger charge is -2.01. The van der Waals surface area contributed by atoms with Crippen molar-refractivity contribution in [3.63, 3.8) is 0 Å². The summed E-state index contributed by atoms with van der Waals surface area (Å²) >= 11 is 0. The lowest BCUT2D eigenvalue weighted by atomic mass is 10.2. The highest BCUT2D eigenvalue weighted by Crippen LogP contribution is 2.26. The number of hydrogen-bond acceptors (Lipinski definition) is 3. The van der Waals surface area contributed by atoms with E-state index >= 15 is 0 Å². The van der Waals surface area contributed by atoms with Crippen molar-refractivity contribution in [2.45, 2.75) is 13.3 Å². The Morgan fingerprint density at radius 2 is 2.10 bits per heavy atom. The quantitative estimate of drug-likeness (QED) is 0.715. The van der Waals surface area contributed by atoms with E-state index in [0.29, 0.717) is 5.56 Å². The number of hydrogen-bond donors (Lipinski definition) is 0. The summed E-state index contributed by atoms with van der Waals surface area (Å²) in [7, 11) is 3.89. The van der Waals surface area contributed by atoms with Crippen molar-refractivity contribution in [3.05, 3.63) is 35.7 Å². The maximum absolute atomic E-state index is 9.00. The fourth-order valence-corrected chi connectivity index (χ4v) is 2.48. The molecule has 2 heterocycles. The number of aryl methyl sites for hydroxylation is 3. The van der Waals surface area contributed by atoms with Gasteiger partial charge in [-0.2, -0.15) is 10.4 Å². The van der Waals surface area contributed by atoms with Crippen LogP contribution in [0, 0.1) is 11.3 Å². The minimum Gasteiger partial charge on any atom is -0.327 e. The van der Waals surface area contributed by atoms with Crippen LogP contribution >= 0.6 is 0 Å². The second kappa shape index (κ2) is 4.49. The highest BCUT2D eigenvalue weighted by molar-refractivity contribution is 5.82. The van der Waals surface area contributed by atoms with Crippen molar-refractivity contribution >= 4 is 11.0 Å². The van der Waals surface area contributed by atoms with Gasteiger partial charge >= 0.3 is 0 Å². The number of imidazole rings is 1. The number of nitriles is 1. The van der Waals surface area contributed by atoms with Crippen molar-refractivity contribution in [2.24, 2.45) is 14.1 Å². The number of fused-ring (bicyclic) bond motifs is 1. The molecule has 0 bridgehead atoms. The van der Waals surface area contributed by atoms with Crippen molar-refractivity contribution in [3.8, 4) is 17.5 Å². The molecule has 0 saturated heterocycles. The minimum absolute atomic E-state index is 0.647. The summed E-state index contributed by atoms with van der Waals surface area (Å²) in [6.45, 7) is 2.09. The van der Waals surface area contributed by atoms with Gasteiger partial charge < -0.3 is 4.57 Å². The number of benzene rings is 1. The molecule has 0 aliphatic heterocycles. The summed E-state index contributed by atoms with van der Waals surface area (Å²) < 4.78 is 3.83. The second-order valence-electron chi connectivity index (χ2n) is 4.83. The van der Waals surface area contributed by atoms with Crippen molar-refractivity contribution in [2.75, 3.05) is 0 Å². The van der Waals surface area contributed by atoms with E-state index in [4.69, 9.17) is 5.26 Å². The fourth-order valence-electron chi connectivity index (χ4n) is 2.48. The van der Waals surface area contributed by atoms with Gasteiger partial charge in [-0.1, -0.05) is 6.92 Å². The third-order valence-electron chi connectivity index (χ3n) is 3.49. The zero-order valence-electron chi connectivity index (χ0n) is 11.8. The van der Waals surface area contributed by atoms with Crippen LogP contribution in [0.15, 0.2) is 24.4 Å². The molecule has 0 fully saturated rings. The Hall–Kier alpha value is -2.61. The van der Waals surface area contributed by atoms with Gasteiger partial charge in [0.2, 0.25) is 0 Å². The number of aromatic nitrogens is 4. The number of rotatable bonds is 2. The summed E-state index contributed by atoms with van der Waals surface area (Å²) in [5, 5.41) is 13.5. The first kappa shape index (κ1) is 12.4. The van der Waals surface area contributed by atoms with Gasteiger partial charge in [0.15, 0.2) is 0 Å². The molecule has 3 aromatic rings. The Balaban J connectivity index is 2.27. The molecule has 0 N–H and O–H groups in total. The molecule has 0 aliphatic carbocycles. The van der Waals surface area contributed by atoms with Crippen LogP contribution in [0.2, 0.25) is 0 Å². The molecule has 20 heavy (non-hydrogen) atoms. The monoisotopic (exact) mass is 265 g/mol. The van der Waals surface area contributed by atoms with Crippen molar-refractivity contribution < 1.29 is 0 Å². The fraction of sp³-hybridized carbons (Fsp3) is 0.267. The molecule has 0 radical (unpaired) electrons. The maximum Gasteiger partial charge on any atom is 0.144 e. The largest absolute Gasteiger partial charge is 0.327 e. The van der Waals surface area contributed by atoms with Gasteiger partial charge in [-0.15, -0.1) is 0 Å². The van der Waals surface area contributed by atoms with Gasteiger partial charge in [-0.05, 0) is 24.6 Å². The Kier molecular flexibility index (Phi) is 2.79. The summed E-state index contributed by atoms with van der Waals surface area (Å²) in [6, 6.07) is 7.72. The summed E-state index contributed by atoms with van der Waals surface area (Å²) in [4.78, 5) is 4.68. The van der Waals surface area contributed by atoms with Crippen molar-refractivity contribution in [1.82, 2.24) is 19.3 Å². The predicted octanol–water partition coefficient (Wildman–Crippen LogP) is 2.41.